The zero-order valence-corrected chi connectivity index (χ0v) is 16.4. The predicted octanol–water partition coefficient (Wildman–Crippen LogP) is 2.53. The first-order valence-electron chi connectivity index (χ1n) is 10.1. The minimum atomic E-state index is -0.496. The van der Waals surface area contributed by atoms with Crippen molar-refractivity contribution >= 4 is 5.69 Å². The van der Waals surface area contributed by atoms with Gasteiger partial charge in [0, 0.05) is 38.4 Å². The average molecular weight is 373 g/mol. The Kier molecular flexibility index (Phi) is 7.01. The Bertz CT molecular complexity index is 611. The van der Waals surface area contributed by atoms with Crippen molar-refractivity contribution in [1.82, 2.24) is 4.90 Å². The van der Waals surface area contributed by atoms with Crippen molar-refractivity contribution in [2.45, 2.75) is 43.8 Å². The SMILES string of the molecule is C#CC1(OCC(O)CN2CCN(c3ccc(OC)cc3)CC2)CCCCC1. The fourth-order valence-electron chi connectivity index (χ4n) is 4.04. The number of rotatable bonds is 7. The molecule has 0 bridgehead atoms. The Balaban J connectivity index is 1.41. The highest BCUT2D eigenvalue weighted by molar-refractivity contribution is 5.49. The van der Waals surface area contributed by atoms with Crippen LogP contribution in [0.4, 0.5) is 5.69 Å². The Hall–Kier alpha value is -1.74. The summed E-state index contributed by atoms with van der Waals surface area (Å²) >= 11 is 0. The number of anilines is 1. The van der Waals surface area contributed by atoms with Crippen LogP contribution in [0.5, 0.6) is 5.75 Å². The van der Waals surface area contributed by atoms with Gasteiger partial charge in [0.2, 0.25) is 0 Å². The molecule has 27 heavy (non-hydrogen) atoms. The molecule has 1 heterocycles. The van der Waals surface area contributed by atoms with Gasteiger partial charge in [-0.05, 0) is 49.9 Å². The third-order valence-corrected chi connectivity index (χ3v) is 5.76. The molecule has 1 saturated carbocycles. The molecule has 148 valence electrons. The summed E-state index contributed by atoms with van der Waals surface area (Å²) in [5, 5.41) is 10.4. The Morgan fingerprint density at radius 2 is 1.78 bits per heavy atom. The maximum atomic E-state index is 10.4. The smallest absolute Gasteiger partial charge is 0.128 e. The van der Waals surface area contributed by atoms with E-state index in [9.17, 15) is 5.11 Å². The lowest BCUT2D eigenvalue weighted by Gasteiger charge is -2.37. The molecule has 3 rings (SSSR count). The van der Waals surface area contributed by atoms with Crippen LogP contribution in [0, 0.1) is 12.3 Å². The Morgan fingerprint density at radius 3 is 2.37 bits per heavy atom. The number of nitrogens with zero attached hydrogens (tertiary/aromatic N) is 2. The minimum absolute atomic E-state index is 0.322. The van der Waals surface area contributed by atoms with E-state index in [-0.39, 0.29) is 0 Å². The number of hydrogen-bond acceptors (Lipinski definition) is 5. The molecule has 1 atom stereocenters. The molecule has 1 saturated heterocycles. The lowest BCUT2D eigenvalue weighted by atomic mass is 9.85. The van der Waals surface area contributed by atoms with Crippen molar-refractivity contribution < 1.29 is 14.6 Å². The zero-order chi connectivity index (χ0) is 19.1. The third-order valence-electron chi connectivity index (χ3n) is 5.76. The number of aliphatic hydroxyl groups is 1. The second-order valence-corrected chi connectivity index (χ2v) is 7.65. The quantitative estimate of drug-likeness (QED) is 0.745. The molecule has 0 aromatic heterocycles. The van der Waals surface area contributed by atoms with E-state index in [4.69, 9.17) is 15.9 Å². The number of piperazine rings is 1. The highest BCUT2D eigenvalue weighted by atomic mass is 16.5. The maximum Gasteiger partial charge on any atom is 0.128 e. The lowest BCUT2D eigenvalue weighted by Crippen LogP contribution is -2.49. The first-order valence-corrected chi connectivity index (χ1v) is 10.1. The van der Waals surface area contributed by atoms with Gasteiger partial charge >= 0.3 is 0 Å². The number of methoxy groups -OCH3 is 1. The number of aliphatic hydroxyl groups excluding tert-OH is 1. The van der Waals surface area contributed by atoms with E-state index in [2.05, 4.69) is 27.9 Å². The van der Waals surface area contributed by atoms with Crippen LogP contribution in [0.3, 0.4) is 0 Å². The normalized spacial score (nSPS) is 21.4. The lowest BCUT2D eigenvalue weighted by molar-refractivity contribution is -0.0698. The largest absolute Gasteiger partial charge is 0.497 e. The van der Waals surface area contributed by atoms with E-state index in [1.807, 2.05) is 12.1 Å². The number of hydrogen-bond donors (Lipinski definition) is 1. The second-order valence-electron chi connectivity index (χ2n) is 7.65. The molecule has 5 heteroatoms. The van der Waals surface area contributed by atoms with Crippen LogP contribution in [-0.2, 0) is 4.74 Å². The van der Waals surface area contributed by atoms with E-state index in [0.29, 0.717) is 13.2 Å². The number of benzene rings is 1. The summed E-state index contributed by atoms with van der Waals surface area (Å²) in [4.78, 5) is 4.67. The first kappa shape index (κ1) is 20.0. The molecule has 1 aliphatic carbocycles. The highest BCUT2D eigenvalue weighted by Gasteiger charge is 2.31. The molecule has 0 amide bonds. The van der Waals surface area contributed by atoms with Gasteiger partial charge in [0.15, 0.2) is 0 Å². The molecular weight excluding hydrogens is 340 g/mol. The monoisotopic (exact) mass is 372 g/mol. The molecule has 2 aliphatic rings. The van der Waals surface area contributed by atoms with Crippen molar-refractivity contribution in [3.05, 3.63) is 24.3 Å². The van der Waals surface area contributed by atoms with Crippen molar-refractivity contribution in [3.63, 3.8) is 0 Å². The van der Waals surface area contributed by atoms with Gasteiger partial charge in [0.05, 0.1) is 19.8 Å². The summed E-state index contributed by atoms with van der Waals surface area (Å²) in [6, 6.07) is 8.19. The van der Waals surface area contributed by atoms with Crippen LogP contribution in [0.2, 0.25) is 0 Å². The van der Waals surface area contributed by atoms with Crippen molar-refractivity contribution in [3.8, 4) is 18.1 Å². The molecule has 0 radical (unpaired) electrons. The minimum Gasteiger partial charge on any atom is -0.497 e. The Morgan fingerprint density at radius 1 is 1.11 bits per heavy atom. The van der Waals surface area contributed by atoms with Crippen molar-refractivity contribution in [2.75, 3.05) is 51.3 Å². The molecule has 1 aliphatic heterocycles. The fourth-order valence-corrected chi connectivity index (χ4v) is 4.04. The molecule has 0 spiro atoms. The van der Waals surface area contributed by atoms with Gasteiger partial charge < -0.3 is 19.5 Å². The molecule has 2 fully saturated rings. The van der Waals surface area contributed by atoms with Gasteiger partial charge in [0.25, 0.3) is 0 Å². The molecule has 1 unspecified atom stereocenters. The maximum absolute atomic E-state index is 10.4. The second kappa shape index (κ2) is 9.45. The zero-order valence-electron chi connectivity index (χ0n) is 16.4. The summed E-state index contributed by atoms with van der Waals surface area (Å²) in [7, 11) is 1.68. The van der Waals surface area contributed by atoms with E-state index < -0.39 is 11.7 Å². The topological polar surface area (TPSA) is 45.2 Å². The van der Waals surface area contributed by atoms with Crippen LogP contribution >= 0.6 is 0 Å². The standard InChI is InChI=1S/C22H32N2O3/c1-3-22(11-5-4-6-12-22)27-18-20(25)17-23-13-15-24(16-14-23)19-7-9-21(26-2)10-8-19/h1,7-10,20,25H,4-6,11-18H2,2H3. The summed E-state index contributed by atoms with van der Waals surface area (Å²) in [5.41, 5.74) is 0.763. The van der Waals surface area contributed by atoms with Gasteiger partial charge in [-0.15, -0.1) is 6.42 Å². The van der Waals surface area contributed by atoms with Gasteiger partial charge in [-0.3, -0.25) is 4.90 Å². The Labute approximate surface area is 163 Å². The number of β-amino-alcohol motifs (C(OH)–C–C–N with tert-alkyl or cyclic N) is 1. The molecule has 1 N–H and O–H groups in total. The summed E-state index contributed by atoms with van der Waals surface area (Å²) < 4.78 is 11.2. The van der Waals surface area contributed by atoms with Gasteiger partial charge in [-0.2, -0.15) is 0 Å². The molecular formula is C22H32N2O3. The van der Waals surface area contributed by atoms with Gasteiger partial charge in [-0.25, -0.2) is 0 Å². The van der Waals surface area contributed by atoms with Gasteiger partial charge in [0.1, 0.15) is 11.4 Å². The molecule has 5 nitrogen and oxygen atoms in total. The highest BCUT2D eigenvalue weighted by Crippen LogP contribution is 2.31. The average Bonchev–Trinajstić information content (AvgIpc) is 2.74. The van der Waals surface area contributed by atoms with E-state index >= 15 is 0 Å². The van der Waals surface area contributed by atoms with Gasteiger partial charge in [-0.1, -0.05) is 12.3 Å². The molecule has 1 aromatic rings. The summed E-state index contributed by atoms with van der Waals surface area (Å²) in [6.07, 6.45) is 10.5. The number of ether oxygens (including phenoxy) is 2. The van der Waals surface area contributed by atoms with Crippen molar-refractivity contribution in [2.24, 2.45) is 0 Å². The number of terminal acetylenes is 1. The van der Waals surface area contributed by atoms with Crippen LogP contribution in [0.15, 0.2) is 24.3 Å². The summed E-state index contributed by atoms with van der Waals surface area (Å²) in [6.45, 7) is 4.73. The van der Waals surface area contributed by atoms with Crippen LogP contribution < -0.4 is 9.64 Å². The third kappa shape index (κ3) is 5.38. The predicted molar refractivity (Wildman–Crippen MR) is 108 cm³/mol. The fraction of sp³-hybridized carbons (Fsp3) is 0.636. The van der Waals surface area contributed by atoms with Crippen molar-refractivity contribution in [1.29, 1.82) is 0 Å². The van der Waals surface area contributed by atoms with Crippen LogP contribution in [0.1, 0.15) is 32.1 Å². The van der Waals surface area contributed by atoms with Crippen LogP contribution in [0.25, 0.3) is 0 Å². The first-order chi connectivity index (χ1) is 13.1. The molecule has 1 aromatic carbocycles. The van der Waals surface area contributed by atoms with Crippen LogP contribution in [-0.4, -0.2) is 68.2 Å². The van der Waals surface area contributed by atoms with E-state index in [1.54, 1.807) is 7.11 Å². The summed E-state index contributed by atoms with van der Waals surface area (Å²) in [5.74, 6) is 3.72. The van der Waals surface area contributed by atoms with E-state index in [1.165, 1.54) is 12.1 Å². The van der Waals surface area contributed by atoms with E-state index in [0.717, 1.165) is 57.6 Å².